The third-order valence-electron chi connectivity index (χ3n) is 4.29. The molecule has 0 spiro atoms. The molecule has 0 saturated heterocycles. The molecule has 2 heterocycles. The molecule has 0 unspecified atom stereocenters. The first-order chi connectivity index (χ1) is 12.6. The van der Waals surface area contributed by atoms with Crippen LogP contribution in [0.15, 0.2) is 52.2 Å². The van der Waals surface area contributed by atoms with E-state index in [2.05, 4.69) is 35.4 Å². The van der Waals surface area contributed by atoms with Gasteiger partial charge in [0, 0.05) is 12.7 Å². The van der Waals surface area contributed by atoms with E-state index in [4.69, 9.17) is 4.42 Å². The van der Waals surface area contributed by atoms with Crippen LogP contribution in [-0.2, 0) is 11.8 Å². The summed E-state index contributed by atoms with van der Waals surface area (Å²) in [7, 11) is 1.86. The molecule has 0 saturated carbocycles. The monoisotopic (exact) mass is 370 g/mol. The first kappa shape index (κ1) is 18.3. The molecule has 1 aromatic carbocycles. The molecule has 6 nitrogen and oxygen atoms in total. The van der Waals surface area contributed by atoms with E-state index in [1.807, 2.05) is 35.9 Å². The zero-order chi connectivity index (χ0) is 18.5. The maximum atomic E-state index is 12.4. The highest BCUT2D eigenvalue weighted by Crippen LogP contribution is 2.27. The zero-order valence-corrected chi connectivity index (χ0v) is 15.9. The molecule has 3 rings (SSSR count). The van der Waals surface area contributed by atoms with Crippen LogP contribution >= 0.6 is 11.8 Å². The molecule has 0 fully saturated rings. The van der Waals surface area contributed by atoms with Gasteiger partial charge < -0.3 is 14.3 Å². The van der Waals surface area contributed by atoms with Crippen LogP contribution < -0.4 is 5.32 Å². The minimum absolute atomic E-state index is 0.0618. The number of carbonyl (C=O) groups is 1. The number of anilines is 1. The first-order valence-electron chi connectivity index (χ1n) is 8.55. The van der Waals surface area contributed by atoms with Gasteiger partial charge in [-0.05, 0) is 36.1 Å². The van der Waals surface area contributed by atoms with Crippen molar-refractivity contribution in [2.24, 2.45) is 7.05 Å². The quantitative estimate of drug-likeness (QED) is 0.627. The summed E-state index contributed by atoms with van der Waals surface area (Å²) < 4.78 is 7.18. The van der Waals surface area contributed by atoms with Crippen LogP contribution in [0.25, 0.3) is 11.6 Å². The number of nitrogens with zero attached hydrogens (tertiary/aromatic N) is 3. The van der Waals surface area contributed by atoms with Gasteiger partial charge in [0.2, 0.25) is 5.91 Å². The van der Waals surface area contributed by atoms with Gasteiger partial charge in [-0.1, -0.05) is 43.8 Å². The van der Waals surface area contributed by atoms with Crippen LogP contribution in [-0.4, -0.2) is 26.4 Å². The summed E-state index contributed by atoms with van der Waals surface area (Å²) in [6, 6.07) is 11.6. The molecule has 1 atom stereocenters. The van der Waals surface area contributed by atoms with Gasteiger partial charge in [0.1, 0.15) is 0 Å². The summed E-state index contributed by atoms with van der Waals surface area (Å²) in [5.41, 5.74) is 2.04. The van der Waals surface area contributed by atoms with Gasteiger partial charge in [0.05, 0.1) is 12.0 Å². The molecule has 3 aromatic rings. The molecule has 136 valence electrons. The highest BCUT2D eigenvalue weighted by Gasteiger charge is 2.15. The van der Waals surface area contributed by atoms with Crippen LogP contribution in [0.5, 0.6) is 0 Å². The van der Waals surface area contributed by atoms with Gasteiger partial charge in [-0.15, -0.1) is 10.2 Å². The second-order valence-corrected chi connectivity index (χ2v) is 7.02. The molecule has 2 aromatic heterocycles. The predicted octanol–water partition coefficient (Wildman–Crippen LogP) is 4.32. The van der Waals surface area contributed by atoms with Crippen LogP contribution in [0.4, 0.5) is 5.69 Å². The average Bonchev–Trinajstić information content (AvgIpc) is 3.29. The molecule has 1 N–H and O–H groups in total. The van der Waals surface area contributed by atoms with E-state index in [0.717, 1.165) is 17.7 Å². The van der Waals surface area contributed by atoms with E-state index in [9.17, 15) is 4.79 Å². The Bertz CT molecular complexity index is 874. The SMILES string of the molecule is CC[C@H](C)c1ccccc1NC(=O)CSc1nnc(-c2ccco2)n1C. The molecule has 0 aliphatic carbocycles. The Kier molecular flexibility index (Phi) is 5.78. The highest BCUT2D eigenvalue weighted by molar-refractivity contribution is 7.99. The Labute approximate surface area is 157 Å². The molecule has 0 aliphatic heterocycles. The van der Waals surface area contributed by atoms with E-state index in [0.29, 0.717) is 22.7 Å². The smallest absolute Gasteiger partial charge is 0.234 e. The van der Waals surface area contributed by atoms with Crippen molar-refractivity contribution in [3.8, 4) is 11.6 Å². The number of rotatable bonds is 7. The molecule has 0 aliphatic rings. The molecule has 26 heavy (non-hydrogen) atoms. The van der Waals surface area contributed by atoms with Gasteiger partial charge in [0.15, 0.2) is 16.7 Å². The van der Waals surface area contributed by atoms with Gasteiger partial charge in [-0.3, -0.25) is 4.79 Å². The zero-order valence-electron chi connectivity index (χ0n) is 15.1. The topological polar surface area (TPSA) is 73.0 Å². The molecule has 0 bridgehead atoms. The second-order valence-electron chi connectivity index (χ2n) is 6.08. The lowest BCUT2D eigenvalue weighted by molar-refractivity contribution is -0.113. The second kappa shape index (κ2) is 8.23. The number of para-hydroxylation sites is 1. The maximum Gasteiger partial charge on any atom is 0.234 e. The predicted molar refractivity (Wildman–Crippen MR) is 103 cm³/mol. The van der Waals surface area contributed by atoms with Crippen molar-refractivity contribution in [1.82, 2.24) is 14.8 Å². The Morgan fingerprint density at radius 1 is 1.27 bits per heavy atom. The van der Waals surface area contributed by atoms with E-state index in [1.54, 1.807) is 12.3 Å². The summed E-state index contributed by atoms with van der Waals surface area (Å²) in [6.07, 6.45) is 2.62. The summed E-state index contributed by atoms with van der Waals surface area (Å²) >= 11 is 1.35. The Morgan fingerprint density at radius 2 is 2.08 bits per heavy atom. The third kappa shape index (κ3) is 3.99. The fourth-order valence-electron chi connectivity index (χ4n) is 2.64. The van der Waals surface area contributed by atoms with Crippen molar-refractivity contribution in [3.05, 3.63) is 48.2 Å². The largest absolute Gasteiger partial charge is 0.461 e. The van der Waals surface area contributed by atoms with Crippen LogP contribution in [0.1, 0.15) is 31.7 Å². The van der Waals surface area contributed by atoms with Crippen LogP contribution in [0, 0.1) is 0 Å². The normalized spacial score (nSPS) is 12.1. The van der Waals surface area contributed by atoms with Crippen molar-refractivity contribution >= 4 is 23.4 Å². The Morgan fingerprint density at radius 3 is 2.81 bits per heavy atom. The molecule has 7 heteroatoms. The Balaban J connectivity index is 1.64. The van der Waals surface area contributed by atoms with E-state index >= 15 is 0 Å². The summed E-state index contributed by atoms with van der Waals surface area (Å²) in [5, 5.41) is 12.0. The van der Waals surface area contributed by atoms with Gasteiger partial charge >= 0.3 is 0 Å². The van der Waals surface area contributed by atoms with Gasteiger partial charge in [-0.25, -0.2) is 0 Å². The molecular formula is C19H22N4O2S. The van der Waals surface area contributed by atoms with Crippen molar-refractivity contribution in [2.75, 3.05) is 11.1 Å². The van der Waals surface area contributed by atoms with Crippen LogP contribution in [0.2, 0.25) is 0 Å². The number of amides is 1. The molecular weight excluding hydrogens is 348 g/mol. The summed E-state index contributed by atoms with van der Waals surface area (Å²) in [4.78, 5) is 12.4. The standard InChI is InChI=1S/C19H22N4O2S/c1-4-13(2)14-8-5-6-9-15(14)20-17(24)12-26-19-22-21-18(23(19)3)16-10-7-11-25-16/h5-11,13H,4,12H2,1-3H3,(H,20,24)/t13-/m0/s1. The van der Waals surface area contributed by atoms with Crippen molar-refractivity contribution in [1.29, 1.82) is 0 Å². The third-order valence-corrected chi connectivity index (χ3v) is 5.31. The lowest BCUT2D eigenvalue weighted by Crippen LogP contribution is -2.16. The molecule has 1 amide bonds. The fraction of sp³-hybridized carbons (Fsp3) is 0.316. The summed E-state index contributed by atoms with van der Waals surface area (Å²) in [6.45, 7) is 4.30. The number of nitrogens with one attached hydrogen (secondary N) is 1. The average molecular weight is 370 g/mol. The van der Waals surface area contributed by atoms with E-state index in [-0.39, 0.29) is 11.7 Å². The molecule has 0 radical (unpaired) electrons. The number of thioether (sulfide) groups is 1. The number of hydrogen-bond donors (Lipinski definition) is 1. The van der Waals surface area contributed by atoms with E-state index in [1.165, 1.54) is 11.8 Å². The minimum atomic E-state index is -0.0618. The number of benzene rings is 1. The summed E-state index contributed by atoms with van der Waals surface area (Å²) in [5.74, 6) is 1.89. The van der Waals surface area contributed by atoms with Crippen molar-refractivity contribution in [3.63, 3.8) is 0 Å². The lowest BCUT2D eigenvalue weighted by Gasteiger charge is -2.15. The van der Waals surface area contributed by atoms with E-state index < -0.39 is 0 Å². The number of furan rings is 1. The van der Waals surface area contributed by atoms with Crippen molar-refractivity contribution in [2.45, 2.75) is 31.3 Å². The Hall–Kier alpha value is -2.54. The van der Waals surface area contributed by atoms with Crippen LogP contribution in [0.3, 0.4) is 0 Å². The minimum Gasteiger partial charge on any atom is -0.461 e. The highest BCUT2D eigenvalue weighted by atomic mass is 32.2. The van der Waals surface area contributed by atoms with Gasteiger partial charge in [0.25, 0.3) is 0 Å². The van der Waals surface area contributed by atoms with Crippen molar-refractivity contribution < 1.29 is 9.21 Å². The number of aromatic nitrogens is 3. The number of hydrogen-bond acceptors (Lipinski definition) is 5. The van der Waals surface area contributed by atoms with Gasteiger partial charge in [-0.2, -0.15) is 0 Å². The maximum absolute atomic E-state index is 12.4. The number of carbonyl (C=O) groups excluding carboxylic acids is 1. The lowest BCUT2D eigenvalue weighted by atomic mass is 9.97. The fourth-order valence-corrected chi connectivity index (χ4v) is 3.35. The first-order valence-corrected chi connectivity index (χ1v) is 9.53.